The Labute approximate surface area is 103 Å². The van der Waals surface area contributed by atoms with Gasteiger partial charge in [-0.3, -0.25) is 9.88 Å². The Balaban J connectivity index is 1.74. The lowest BCUT2D eigenvalue weighted by Gasteiger charge is -2.28. The molecule has 0 aromatic carbocycles. The molecular weight excluding hydrogens is 210 g/mol. The van der Waals surface area contributed by atoms with Crippen LogP contribution >= 0.6 is 0 Å². The third-order valence-electron chi connectivity index (χ3n) is 4.23. The van der Waals surface area contributed by atoms with Gasteiger partial charge >= 0.3 is 0 Å². The molecule has 2 fully saturated rings. The molecule has 2 aliphatic heterocycles. The molecule has 2 aliphatic rings. The van der Waals surface area contributed by atoms with Gasteiger partial charge in [-0.2, -0.15) is 0 Å². The fraction of sp³-hybridized carbons (Fsp3) is 0.643. The average Bonchev–Trinajstić information content (AvgIpc) is 2.62. The van der Waals surface area contributed by atoms with Crippen molar-refractivity contribution in [3.05, 3.63) is 30.1 Å². The van der Waals surface area contributed by atoms with Gasteiger partial charge in [0.2, 0.25) is 0 Å². The van der Waals surface area contributed by atoms with Crippen molar-refractivity contribution in [2.75, 3.05) is 20.1 Å². The molecule has 3 nitrogen and oxygen atoms in total. The quantitative estimate of drug-likeness (QED) is 0.773. The highest BCUT2D eigenvalue weighted by molar-refractivity contribution is 5.10. The summed E-state index contributed by atoms with van der Waals surface area (Å²) >= 11 is 0. The highest BCUT2D eigenvalue weighted by Gasteiger charge is 2.35. The largest absolute Gasteiger partial charge is 0.305 e. The minimum absolute atomic E-state index is 0.757. The predicted molar refractivity (Wildman–Crippen MR) is 68.7 cm³/mol. The number of likely N-dealkylation sites (tertiary alicyclic amines) is 1. The molecule has 0 spiro atoms. The zero-order valence-electron chi connectivity index (χ0n) is 10.5. The molecule has 2 atom stereocenters. The molecule has 3 heteroatoms. The normalized spacial score (nSPS) is 30.4. The number of aromatic nitrogens is 1. The maximum Gasteiger partial charge on any atom is 0.0312 e. The first-order chi connectivity index (χ1) is 8.33. The molecule has 1 aromatic rings. The summed E-state index contributed by atoms with van der Waals surface area (Å²) in [6.07, 6.45) is 7.95. The molecule has 3 heterocycles. The van der Waals surface area contributed by atoms with E-state index in [4.69, 9.17) is 0 Å². The summed E-state index contributed by atoms with van der Waals surface area (Å²) in [4.78, 5) is 9.42. The highest BCUT2D eigenvalue weighted by Crippen LogP contribution is 2.31. The lowest BCUT2D eigenvalue weighted by Crippen LogP contribution is -2.37. The summed E-state index contributed by atoms with van der Waals surface area (Å²) in [6.45, 7) is 3.57. The Hall–Kier alpha value is -0.930. The molecule has 0 amide bonds. The summed E-state index contributed by atoms with van der Waals surface area (Å²) in [5.41, 5.74) is 1.36. The number of hydrogen-bond acceptors (Lipinski definition) is 3. The topological polar surface area (TPSA) is 19.4 Å². The second kappa shape index (κ2) is 4.75. The van der Waals surface area contributed by atoms with E-state index in [-0.39, 0.29) is 0 Å². The van der Waals surface area contributed by atoms with Gasteiger partial charge in [-0.1, -0.05) is 6.07 Å². The number of rotatable bonds is 2. The molecular formula is C14H21N3. The van der Waals surface area contributed by atoms with Crippen molar-refractivity contribution in [1.82, 2.24) is 14.8 Å². The number of nitrogens with zero attached hydrogens (tertiary/aromatic N) is 3. The van der Waals surface area contributed by atoms with Crippen LogP contribution < -0.4 is 0 Å². The van der Waals surface area contributed by atoms with E-state index in [2.05, 4.69) is 27.9 Å². The Morgan fingerprint density at radius 3 is 3.00 bits per heavy atom. The fourth-order valence-corrected chi connectivity index (χ4v) is 3.30. The Morgan fingerprint density at radius 1 is 1.29 bits per heavy atom. The summed E-state index contributed by atoms with van der Waals surface area (Å²) in [6, 6.07) is 5.79. The van der Waals surface area contributed by atoms with Crippen molar-refractivity contribution >= 4 is 0 Å². The van der Waals surface area contributed by atoms with Gasteiger partial charge in [-0.05, 0) is 44.5 Å². The van der Waals surface area contributed by atoms with Gasteiger partial charge in [-0.15, -0.1) is 0 Å². The van der Waals surface area contributed by atoms with Crippen molar-refractivity contribution in [2.24, 2.45) is 0 Å². The molecule has 17 heavy (non-hydrogen) atoms. The van der Waals surface area contributed by atoms with E-state index >= 15 is 0 Å². The molecule has 0 radical (unpaired) electrons. The van der Waals surface area contributed by atoms with Crippen LogP contribution in [0.4, 0.5) is 0 Å². The Morgan fingerprint density at radius 2 is 2.18 bits per heavy atom. The van der Waals surface area contributed by atoms with Crippen LogP contribution in [0, 0.1) is 0 Å². The molecule has 0 saturated carbocycles. The zero-order chi connectivity index (χ0) is 11.7. The predicted octanol–water partition coefficient (Wildman–Crippen LogP) is 1.75. The van der Waals surface area contributed by atoms with Gasteiger partial charge < -0.3 is 4.90 Å². The first kappa shape index (κ1) is 11.2. The highest BCUT2D eigenvalue weighted by atomic mass is 15.3. The van der Waals surface area contributed by atoms with Gasteiger partial charge in [0, 0.05) is 37.6 Å². The average molecular weight is 231 g/mol. The van der Waals surface area contributed by atoms with Crippen LogP contribution in [0.3, 0.4) is 0 Å². The second-order valence-corrected chi connectivity index (χ2v) is 5.47. The number of hydrogen-bond donors (Lipinski definition) is 0. The van der Waals surface area contributed by atoms with Crippen LogP contribution in [0.5, 0.6) is 0 Å². The van der Waals surface area contributed by atoms with E-state index < -0.39 is 0 Å². The molecule has 0 N–H and O–H groups in total. The molecule has 1 aromatic heterocycles. The fourth-order valence-electron chi connectivity index (χ4n) is 3.30. The van der Waals surface area contributed by atoms with Crippen molar-refractivity contribution in [1.29, 1.82) is 0 Å². The Kier molecular flexibility index (Phi) is 3.12. The summed E-state index contributed by atoms with van der Waals surface area (Å²) < 4.78 is 0. The SMILES string of the molecule is CN1CC[C@H]2CC[C@@H](C1)N2Cc1cccnc1. The van der Waals surface area contributed by atoms with E-state index in [0.717, 1.165) is 18.6 Å². The lowest BCUT2D eigenvalue weighted by atomic mass is 10.1. The van der Waals surface area contributed by atoms with Crippen LogP contribution in [0.1, 0.15) is 24.8 Å². The number of likely N-dealkylation sites (N-methyl/N-ethyl adjacent to an activating group) is 1. The summed E-state index contributed by atoms with van der Waals surface area (Å²) in [5, 5.41) is 0. The van der Waals surface area contributed by atoms with Crippen molar-refractivity contribution in [2.45, 2.75) is 37.9 Å². The molecule has 0 unspecified atom stereocenters. The maximum atomic E-state index is 4.22. The van der Waals surface area contributed by atoms with E-state index in [0.29, 0.717) is 0 Å². The van der Waals surface area contributed by atoms with Gasteiger partial charge in [-0.25, -0.2) is 0 Å². The third-order valence-corrected chi connectivity index (χ3v) is 4.23. The lowest BCUT2D eigenvalue weighted by molar-refractivity contribution is 0.183. The van der Waals surface area contributed by atoms with Crippen LogP contribution in [0.15, 0.2) is 24.5 Å². The van der Waals surface area contributed by atoms with Crippen LogP contribution in [-0.4, -0.2) is 47.0 Å². The van der Waals surface area contributed by atoms with E-state index in [9.17, 15) is 0 Å². The standard InChI is InChI=1S/C14H21N3/c1-16-8-6-13-4-5-14(11-16)17(13)10-12-3-2-7-15-9-12/h2-3,7,9,13-14H,4-6,8,10-11H2,1H3/t13-,14+/m1/s1. The van der Waals surface area contributed by atoms with Gasteiger partial charge in [0.15, 0.2) is 0 Å². The molecule has 92 valence electrons. The van der Waals surface area contributed by atoms with Gasteiger partial charge in [0.25, 0.3) is 0 Å². The summed E-state index contributed by atoms with van der Waals surface area (Å²) in [5.74, 6) is 0. The zero-order valence-corrected chi connectivity index (χ0v) is 10.5. The van der Waals surface area contributed by atoms with Crippen LogP contribution in [0.25, 0.3) is 0 Å². The minimum atomic E-state index is 0.757. The molecule has 3 rings (SSSR count). The van der Waals surface area contributed by atoms with Crippen LogP contribution in [0.2, 0.25) is 0 Å². The Bertz CT molecular complexity index is 365. The third kappa shape index (κ3) is 2.35. The first-order valence-electron chi connectivity index (χ1n) is 6.66. The minimum Gasteiger partial charge on any atom is -0.305 e. The van der Waals surface area contributed by atoms with Gasteiger partial charge in [0.05, 0.1) is 0 Å². The van der Waals surface area contributed by atoms with Crippen molar-refractivity contribution in [3.8, 4) is 0 Å². The summed E-state index contributed by atoms with van der Waals surface area (Å²) in [7, 11) is 2.25. The number of fused-ring (bicyclic) bond motifs is 2. The van der Waals surface area contributed by atoms with E-state index in [1.165, 1.54) is 37.9 Å². The van der Waals surface area contributed by atoms with Crippen LogP contribution in [-0.2, 0) is 6.54 Å². The first-order valence-corrected chi connectivity index (χ1v) is 6.66. The monoisotopic (exact) mass is 231 g/mol. The van der Waals surface area contributed by atoms with E-state index in [1.54, 1.807) is 0 Å². The van der Waals surface area contributed by atoms with E-state index in [1.807, 2.05) is 18.5 Å². The maximum absolute atomic E-state index is 4.22. The second-order valence-electron chi connectivity index (χ2n) is 5.47. The number of pyridine rings is 1. The van der Waals surface area contributed by atoms with Gasteiger partial charge in [0.1, 0.15) is 0 Å². The molecule has 2 bridgehead atoms. The van der Waals surface area contributed by atoms with Crippen molar-refractivity contribution < 1.29 is 0 Å². The molecule has 0 aliphatic carbocycles. The van der Waals surface area contributed by atoms with Crippen molar-refractivity contribution in [3.63, 3.8) is 0 Å². The smallest absolute Gasteiger partial charge is 0.0312 e. The molecule has 2 saturated heterocycles.